The number of halogens is 2. The highest BCUT2D eigenvalue weighted by Gasteiger charge is 2.32. The molecule has 6 nitrogen and oxygen atoms in total. The standard InChI is InChI=1S/C28H21BrFN3O3S/c1-16-24(26(34)32-21-6-4-3-5-7-21)25(17-8-11-20(30)12-9-17)33-27(35)23(37-28(33)31-16)15-18-14-19(29)10-13-22(18)36-2/h3-15,25H,1-2H3,(H,32,34)/b23-15-/t25-/m0/s1. The van der Waals surface area contributed by atoms with E-state index >= 15 is 0 Å². The molecular formula is C28H21BrFN3O3S. The smallest absolute Gasteiger partial charge is 0.271 e. The summed E-state index contributed by atoms with van der Waals surface area (Å²) in [6.07, 6.45) is 1.75. The Hall–Kier alpha value is -3.82. The Morgan fingerprint density at radius 1 is 1.14 bits per heavy atom. The van der Waals surface area contributed by atoms with E-state index in [2.05, 4.69) is 26.2 Å². The van der Waals surface area contributed by atoms with Gasteiger partial charge in [-0.15, -0.1) is 0 Å². The number of para-hydroxylation sites is 1. The Kier molecular flexibility index (Phi) is 6.90. The molecule has 0 fully saturated rings. The van der Waals surface area contributed by atoms with E-state index in [-0.39, 0.29) is 11.5 Å². The van der Waals surface area contributed by atoms with Crippen LogP contribution < -0.4 is 24.9 Å². The SMILES string of the molecule is COc1ccc(Br)cc1/C=c1\sc2n(c1=O)[C@@H](c1ccc(F)cc1)C(C(=O)Nc1ccccc1)=C(C)N=2. The molecule has 0 saturated carbocycles. The summed E-state index contributed by atoms with van der Waals surface area (Å²) >= 11 is 4.69. The van der Waals surface area contributed by atoms with Crippen LogP contribution in [0.2, 0.25) is 0 Å². The Bertz CT molecular complexity index is 1710. The van der Waals surface area contributed by atoms with Crippen molar-refractivity contribution < 1.29 is 13.9 Å². The highest BCUT2D eigenvalue weighted by Crippen LogP contribution is 2.31. The zero-order chi connectivity index (χ0) is 26.1. The quantitative estimate of drug-likeness (QED) is 0.371. The minimum absolute atomic E-state index is 0.308. The Morgan fingerprint density at radius 3 is 2.57 bits per heavy atom. The number of amides is 1. The summed E-state index contributed by atoms with van der Waals surface area (Å²) in [4.78, 5) is 32.4. The maximum atomic E-state index is 13.8. The number of carbonyl (C=O) groups excluding carboxylic acids is 1. The van der Waals surface area contributed by atoms with E-state index in [1.54, 1.807) is 44.4 Å². The van der Waals surface area contributed by atoms with Crippen LogP contribution in [0.5, 0.6) is 5.75 Å². The predicted octanol–water partition coefficient (Wildman–Crippen LogP) is 4.78. The van der Waals surface area contributed by atoms with Gasteiger partial charge in [-0.3, -0.25) is 14.2 Å². The van der Waals surface area contributed by atoms with Gasteiger partial charge in [0.15, 0.2) is 4.80 Å². The molecule has 37 heavy (non-hydrogen) atoms. The number of rotatable bonds is 5. The molecule has 0 aliphatic carbocycles. The fraction of sp³-hybridized carbons (Fsp3) is 0.107. The van der Waals surface area contributed by atoms with Gasteiger partial charge >= 0.3 is 0 Å². The third-order valence-corrected chi connectivity index (χ3v) is 7.44. The Balaban J connectivity index is 1.69. The lowest BCUT2D eigenvalue weighted by Gasteiger charge is -2.25. The van der Waals surface area contributed by atoms with E-state index in [9.17, 15) is 14.0 Å². The molecule has 2 heterocycles. The zero-order valence-electron chi connectivity index (χ0n) is 19.9. The lowest BCUT2D eigenvalue weighted by atomic mass is 9.95. The molecule has 1 aliphatic heterocycles. The van der Waals surface area contributed by atoms with E-state index in [1.165, 1.54) is 28.0 Å². The average Bonchev–Trinajstić information content (AvgIpc) is 3.18. The van der Waals surface area contributed by atoms with Gasteiger partial charge in [0.25, 0.3) is 11.5 Å². The van der Waals surface area contributed by atoms with Crippen LogP contribution in [-0.4, -0.2) is 17.6 Å². The third kappa shape index (κ3) is 4.92. The van der Waals surface area contributed by atoms with Crippen LogP contribution in [0.4, 0.5) is 10.1 Å². The minimum Gasteiger partial charge on any atom is -0.496 e. The van der Waals surface area contributed by atoms with Gasteiger partial charge in [-0.1, -0.05) is 57.6 Å². The largest absolute Gasteiger partial charge is 0.496 e. The molecule has 0 spiro atoms. The van der Waals surface area contributed by atoms with Gasteiger partial charge in [0.2, 0.25) is 0 Å². The molecule has 4 aromatic rings. The zero-order valence-corrected chi connectivity index (χ0v) is 22.3. The van der Waals surface area contributed by atoms with Crippen molar-refractivity contribution in [2.24, 2.45) is 4.99 Å². The van der Waals surface area contributed by atoms with Gasteiger partial charge in [0.05, 0.1) is 29.0 Å². The van der Waals surface area contributed by atoms with Gasteiger partial charge < -0.3 is 10.1 Å². The number of anilines is 1. The van der Waals surface area contributed by atoms with Crippen LogP contribution in [-0.2, 0) is 4.79 Å². The Labute approximate surface area is 224 Å². The van der Waals surface area contributed by atoms with Crippen LogP contribution in [0.25, 0.3) is 6.08 Å². The number of fused-ring (bicyclic) bond motifs is 1. The second-order valence-electron chi connectivity index (χ2n) is 8.34. The number of thiazole rings is 1. The van der Waals surface area contributed by atoms with Crippen LogP contribution >= 0.6 is 27.3 Å². The van der Waals surface area contributed by atoms with Crippen molar-refractivity contribution in [2.45, 2.75) is 13.0 Å². The molecule has 1 N–H and O–H groups in total. The fourth-order valence-electron chi connectivity index (χ4n) is 4.25. The molecule has 0 saturated heterocycles. The fourth-order valence-corrected chi connectivity index (χ4v) is 5.67. The van der Waals surface area contributed by atoms with Crippen molar-refractivity contribution in [3.63, 3.8) is 0 Å². The molecule has 1 atom stereocenters. The summed E-state index contributed by atoms with van der Waals surface area (Å²) in [5, 5.41) is 2.90. The lowest BCUT2D eigenvalue weighted by Crippen LogP contribution is -2.40. The van der Waals surface area contributed by atoms with Crippen molar-refractivity contribution in [3.8, 4) is 5.75 Å². The molecule has 186 valence electrons. The minimum atomic E-state index is -0.785. The number of carbonyl (C=O) groups is 1. The normalized spacial score (nSPS) is 15.2. The number of aromatic nitrogens is 1. The highest BCUT2D eigenvalue weighted by atomic mass is 79.9. The van der Waals surface area contributed by atoms with Crippen molar-refractivity contribution in [1.29, 1.82) is 0 Å². The molecule has 1 aliphatic rings. The molecule has 0 bridgehead atoms. The number of ether oxygens (including phenoxy) is 1. The number of hydrogen-bond donors (Lipinski definition) is 1. The summed E-state index contributed by atoms with van der Waals surface area (Å²) in [5.74, 6) is -0.179. The van der Waals surface area contributed by atoms with E-state index < -0.39 is 11.9 Å². The monoisotopic (exact) mass is 577 g/mol. The number of allylic oxidation sites excluding steroid dienone is 1. The van der Waals surface area contributed by atoms with E-state index in [0.29, 0.717) is 37.6 Å². The molecular weight excluding hydrogens is 557 g/mol. The van der Waals surface area contributed by atoms with Crippen molar-refractivity contribution in [3.05, 3.63) is 125 Å². The van der Waals surface area contributed by atoms with Gasteiger partial charge in [-0.2, -0.15) is 0 Å². The number of hydrogen-bond acceptors (Lipinski definition) is 5. The summed E-state index contributed by atoms with van der Waals surface area (Å²) in [5.41, 5.74) is 2.42. The van der Waals surface area contributed by atoms with E-state index in [0.717, 1.165) is 10.0 Å². The van der Waals surface area contributed by atoms with Crippen LogP contribution in [0.15, 0.2) is 98.3 Å². The van der Waals surface area contributed by atoms with Gasteiger partial charge in [0.1, 0.15) is 11.6 Å². The molecule has 1 amide bonds. The van der Waals surface area contributed by atoms with Crippen LogP contribution in [0.3, 0.4) is 0 Å². The van der Waals surface area contributed by atoms with E-state index in [1.807, 2.05) is 36.4 Å². The second-order valence-corrected chi connectivity index (χ2v) is 10.3. The first-order chi connectivity index (χ1) is 17.9. The molecule has 0 unspecified atom stereocenters. The number of nitrogens with one attached hydrogen (secondary N) is 1. The summed E-state index contributed by atoms with van der Waals surface area (Å²) in [6, 6.07) is 19.6. The summed E-state index contributed by atoms with van der Waals surface area (Å²) in [7, 11) is 1.57. The second kappa shape index (κ2) is 10.3. The number of benzene rings is 3. The molecule has 3 aromatic carbocycles. The molecule has 5 rings (SSSR count). The van der Waals surface area contributed by atoms with E-state index in [4.69, 9.17) is 4.74 Å². The first-order valence-corrected chi connectivity index (χ1v) is 12.9. The topological polar surface area (TPSA) is 72.7 Å². The van der Waals surface area contributed by atoms with Gasteiger partial charge in [-0.25, -0.2) is 9.38 Å². The Morgan fingerprint density at radius 2 is 1.86 bits per heavy atom. The summed E-state index contributed by atoms with van der Waals surface area (Å²) < 4.78 is 22.0. The molecule has 0 radical (unpaired) electrons. The van der Waals surface area contributed by atoms with Gasteiger partial charge in [0, 0.05) is 15.7 Å². The first-order valence-electron chi connectivity index (χ1n) is 11.3. The van der Waals surface area contributed by atoms with Crippen LogP contribution in [0, 0.1) is 5.82 Å². The highest BCUT2D eigenvalue weighted by molar-refractivity contribution is 9.10. The lowest BCUT2D eigenvalue weighted by molar-refractivity contribution is -0.113. The number of nitrogens with zero attached hydrogens (tertiary/aromatic N) is 2. The molecule has 1 aromatic heterocycles. The molecule has 9 heteroatoms. The number of methoxy groups -OCH3 is 1. The van der Waals surface area contributed by atoms with Gasteiger partial charge in [-0.05, 0) is 61.0 Å². The van der Waals surface area contributed by atoms with Crippen molar-refractivity contribution in [1.82, 2.24) is 4.57 Å². The third-order valence-electron chi connectivity index (χ3n) is 5.96. The maximum absolute atomic E-state index is 13.8. The predicted molar refractivity (Wildman–Crippen MR) is 146 cm³/mol. The van der Waals surface area contributed by atoms with Crippen LogP contribution in [0.1, 0.15) is 24.1 Å². The van der Waals surface area contributed by atoms with Crippen molar-refractivity contribution in [2.75, 3.05) is 12.4 Å². The average molecular weight is 578 g/mol. The first kappa shape index (κ1) is 24.9. The summed E-state index contributed by atoms with van der Waals surface area (Å²) in [6.45, 7) is 1.74. The maximum Gasteiger partial charge on any atom is 0.271 e. The van der Waals surface area contributed by atoms with Crippen molar-refractivity contribution >= 4 is 44.9 Å².